The van der Waals surface area contributed by atoms with Crippen molar-refractivity contribution in [3.63, 3.8) is 0 Å². The zero-order valence-corrected chi connectivity index (χ0v) is 17.7. The summed E-state index contributed by atoms with van der Waals surface area (Å²) in [4.78, 5) is 20.8. The number of anilines is 1. The van der Waals surface area contributed by atoms with Crippen molar-refractivity contribution in [2.45, 2.75) is 37.0 Å². The van der Waals surface area contributed by atoms with E-state index in [0.29, 0.717) is 30.5 Å². The molecule has 0 bridgehead atoms. The molecule has 0 spiro atoms. The topological polar surface area (TPSA) is 118 Å². The molecule has 3 aromatic rings. The lowest BCUT2D eigenvalue weighted by molar-refractivity contribution is -0.116. The molecule has 4 rings (SSSR count). The number of amides is 1. The third-order valence-electron chi connectivity index (χ3n) is 5.02. The molecule has 1 aliphatic heterocycles. The molecule has 9 nitrogen and oxygen atoms in total. The summed E-state index contributed by atoms with van der Waals surface area (Å²) in [6.45, 7) is 1.06. The van der Waals surface area contributed by atoms with Crippen molar-refractivity contribution in [2.75, 3.05) is 18.4 Å². The quantitative estimate of drug-likeness (QED) is 0.599. The molecule has 1 amide bonds. The molecule has 1 aromatic carbocycles. The molecule has 0 atom stereocenters. The molecule has 10 heteroatoms. The fraction of sp³-hybridized carbons (Fsp3) is 0.333. The third-order valence-corrected chi connectivity index (χ3v) is 6.92. The monoisotopic (exact) mass is 441 g/mol. The summed E-state index contributed by atoms with van der Waals surface area (Å²) < 4.78 is 32.4. The first-order chi connectivity index (χ1) is 15.0. The Labute approximate surface area is 180 Å². The van der Waals surface area contributed by atoms with Gasteiger partial charge in [0, 0.05) is 49.6 Å². The van der Waals surface area contributed by atoms with E-state index in [1.54, 1.807) is 36.7 Å². The summed E-state index contributed by atoms with van der Waals surface area (Å²) in [7, 11) is -3.56. The average molecular weight is 442 g/mol. The Bertz CT molecular complexity index is 1140. The van der Waals surface area contributed by atoms with Gasteiger partial charge in [0.05, 0.1) is 4.90 Å². The number of carbonyl (C=O) groups is 1. The Balaban J connectivity index is 1.36. The minimum Gasteiger partial charge on any atom is -0.339 e. The maximum atomic E-state index is 12.8. The van der Waals surface area contributed by atoms with Crippen LogP contribution in [0.5, 0.6) is 0 Å². The maximum Gasteiger partial charge on any atom is 0.243 e. The number of nitrogens with one attached hydrogen (secondary N) is 1. The van der Waals surface area contributed by atoms with E-state index in [9.17, 15) is 13.2 Å². The fourth-order valence-electron chi connectivity index (χ4n) is 3.40. The summed E-state index contributed by atoms with van der Waals surface area (Å²) in [5.74, 6) is 0.489. The second-order valence-electron chi connectivity index (χ2n) is 7.29. The van der Waals surface area contributed by atoms with Gasteiger partial charge in [-0.1, -0.05) is 17.6 Å². The molecule has 162 valence electrons. The zero-order valence-electron chi connectivity index (χ0n) is 16.9. The average Bonchev–Trinajstić information content (AvgIpc) is 3.28. The van der Waals surface area contributed by atoms with Crippen LogP contribution in [0.25, 0.3) is 11.4 Å². The summed E-state index contributed by atoms with van der Waals surface area (Å²) in [6, 6.07) is 9.94. The normalized spacial score (nSPS) is 15.0. The summed E-state index contributed by atoms with van der Waals surface area (Å²) in [5.41, 5.74) is 1.17. The van der Waals surface area contributed by atoms with Gasteiger partial charge in [-0.2, -0.15) is 9.29 Å². The van der Waals surface area contributed by atoms with Gasteiger partial charge >= 0.3 is 0 Å². The van der Waals surface area contributed by atoms with Crippen molar-refractivity contribution in [1.29, 1.82) is 0 Å². The molecule has 0 unspecified atom stereocenters. The first-order valence-corrected chi connectivity index (χ1v) is 11.6. The molecule has 1 fully saturated rings. The van der Waals surface area contributed by atoms with E-state index in [-0.39, 0.29) is 23.6 Å². The van der Waals surface area contributed by atoms with Crippen LogP contribution in [-0.2, 0) is 21.2 Å². The van der Waals surface area contributed by atoms with E-state index in [0.717, 1.165) is 24.8 Å². The van der Waals surface area contributed by atoms with E-state index in [1.165, 1.54) is 10.4 Å². The molecule has 0 aliphatic carbocycles. The van der Waals surface area contributed by atoms with Crippen LogP contribution in [0, 0.1) is 0 Å². The third kappa shape index (κ3) is 5.15. The van der Waals surface area contributed by atoms with Gasteiger partial charge in [-0.25, -0.2) is 8.42 Å². The second kappa shape index (κ2) is 9.36. The van der Waals surface area contributed by atoms with E-state index in [1.807, 2.05) is 6.07 Å². The van der Waals surface area contributed by atoms with Gasteiger partial charge in [0.2, 0.25) is 27.6 Å². The Hall–Kier alpha value is -3.11. The van der Waals surface area contributed by atoms with Crippen LogP contribution in [0.3, 0.4) is 0 Å². The van der Waals surface area contributed by atoms with Gasteiger partial charge in [-0.15, -0.1) is 0 Å². The number of sulfonamides is 1. The Morgan fingerprint density at radius 3 is 2.74 bits per heavy atom. The smallest absolute Gasteiger partial charge is 0.243 e. The number of pyridine rings is 1. The number of benzene rings is 1. The molecule has 1 saturated heterocycles. The first-order valence-electron chi connectivity index (χ1n) is 10.2. The lowest BCUT2D eigenvalue weighted by Gasteiger charge is -2.26. The SMILES string of the molecule is O=C(CCc1nc(-c2cccnc2)no1)Nc1cccc(S(=O)(=O)N2CCCCC2)c1. The minimum absolute atomic E-state index is 0.123. The van der Waals surface area contributed by atoms with E-state index in [2.05, 4.69) is 20.4 Å². The molecule has 1 aliphatic rings. The van der Waals surface area contributed by atoms with Crippen molar-refractivity contribution in [2.24, 2.45) is 0 Å². The summed E-state index contributed by atoms with van der Waals surface area (Å²) in [5, 5.41) is 6.65. The molecule has 0 saturated carbocycles. The molecule has 3 heterocycles. The minimum atomic E-state index is -3.56. The highest BCUT2D eigenvalue weighted by atomic mass is 32.2. The van der Waals surface area contributed by atoms with E-state index < -0.39 is 10.0 Å². The number of carbonyl (C=O) groups excluding carboxylic acids is 1. The number of piperidine rings is 1. The fourth-order valence-corrected chi connectivity index (χ4v) is 4.96. The number of nitrogens with zero attached hydrogens (tertiary/aromatic N) is 4. The van der Waals surface area contributed by atoms with Crippen LogP contribution in [0.2, 0.25) is 0 Å². The van der Waals surface area contributed by atoms with Gasteiger partial charge in [-0.3, -0.25) is 9.78 Å². The first kappa shape index (κ1) is 21.1. The van der Waals surface area contributed by atoms with Crippen molar-refractivity contribution < 1.29 is 17.7 Å². The lowest BCUT2D eigenvalue weighted by atomic mass is 10.2. The zero-order chi connectivity index (χ0) is 21.7. The largest absolute Gasteiger partial charge is 0.339 e. The Morgan fingerprint density at radius 2 is 1.97 bits per heavy atom. The maximum absolute atomic E-state index is 12.8. The standard InChI is InChI=1S/C21H23N5O4S/c27-19(9-10-20-24-21(25-30-20)16-6-5-11-22-15-16)23-17-7-4-8-18(14-17)31(28,29)26-12-2-1-3-13-26/h4-8,11,14-15H,1-3,9-10,12-13H2,(H,23,27). The predicted octanol–water partition coefficient (Wildman–Crippen LogP) is 2.88. The van der Waals surface area contributed by atoms with Gasteiger partial charge in [-0.05, 0) is 43.2 Å². The Kier molecular flexibility index (Phi) is 6.38. The number of hydrogen-bond acceptors (Lipinski definition) is 7. The van der Waals surface area contributed by atoms with E-state index in [4.69, 9.17) is 4.52 Å². The van der Waals surface area contributed by atoms with Gasteiger partial charge in [0.15, 0.2) is 0 Å². The van der Waals surface area contributed by atoms with Crippen LogP contribution in [0.15, 0.2) is 58.2 Å². The van der Waals surface area contributed by atoms with Crippen LogP contribution < -0.4 is 5.32 Å². The van der Waals surface area contributed by atoms with Gasteiger partial charge in [0.1, 0.15) is 0 Å². The van der Waals surface area contributed by atoms with Crippen molar-refractivity contribution in [3.8, 4) is 11.4 Å². The molecule has 0 radical (unpaired) electrons. The molecule has 31 heavy (non-hydrogen) atoms. The number of aryl methyl sites for hydroxylation is 1. The van der Waals surface area contributed by atoms with Crippen LogP contribution in [0.1, 0.15) is 31.6 Å². The molecule has 1 N–H and O–H groups in total. The summed E-state index contributed by atoms with van der Waals surface area (Å²) in [6.07, 6.45) is 6.46. The molecular weight excluding hydrogens is 418 g/mol. The highest BCUT2D eigenvalue weighted by Gasteiger charge is 2.26. The lowest BCUT2D eigenvalue weighted by Crippen LogP contribution is -2.35. The van der Waals surface area contributed by atoms with Crippen LogP contribution in [0.4, 0.5) is 5.69 Å². The number of hydrogen-bond donors (Lipinski definition) is 1. The van der Waals surface area contributed by atoms with Crippen molar-refractivity contribution >= 4 is 21.6 Å². The van der Waals surface area contributed by atoms with Crippen molar-refractivity contribution in [3.05, 3.63) is 54.7 Å². The Morgan fingerprint density at radius 1 is 1.13 bits per heavy atom. The van der Waals surface area contributed by atoms with E-state index >= 15 is 0 Å². The van der Waals surface area contributed by atoms with Crippen LogP contribution >= 0.6 is 0 Å². The second-order valence-corrected chi connectivity index (χ2v) is 9.23. The number of rotatable bonds is 7. The predicted molar refractivity (Wildman–Crippen MR) is 114 cm³/mol. The summed E-state index contributed by atoms with van der Waals surface area (Å²) >= 11 is 0. The molecular formula is C21H23N5O4S. The number of aromatic nitrogens is 3. The van der Waals surface area contributed by atoms with Gasteiger partial charge < -0.3 is 9.84 Å². The van der Waals surface area contributed by atoms with Crippen LogP contribution in [-0.4, -0.2) is 46.8 Å². The molecule has 2 aromatic heterocycles. The highest BCUT2D eigenvalue weighted by Crippen LogP contribution is 2.23. The van der Waals surface area contributed by atoms with Crippen molar-refractivity contribution in [1.82, 2.24) is 19.4 Å². The van der Waals surface area contributed by atoms with Gasteiger partial charge in [0.25, 0.3) is 0 Å². The highest BCUT2D eigenvalue weighted by molar-refractivity contribution is 7.89.